The molecule has 7 nitrogen and oxygen atoms in total. The van der Waals surface area contributed by atoms with E-state index in [0.717, 1.165) is 21.8 Å². The monoisotopic (exact) mass is 416 g/mol. The molecule has 0 unspecified atom stereocenters. The number of amides is 2. The predicted octanol–water partition coefficient (Wildman–Crippen LogP) is 3.09. The van der Waals surface area contributed by atoms with Crippen LogP contribution < -0.4 is 14.4 Å². The lowest BCUT2D eigenvalue weighted by atomic mass is 10.0. The number of nitrogens with zero attached hydrogens (tertiary/aromatic N) is 1. The summed E-state index contributed by atoms with van der Waals surface area (Å²) in [4.78, 5) is 24.9. The Morgan fingerprint density at radius 1 is 1.07 bits per heavy atom. The number of ether oxygens (including phenoxy) is 1. The molecule has 1 atom stereocenters. The van der Waals surface area contributed by atoms with Crippen LogP contribution in [0.1, 0.15) is 43.4 Å². The van der Waals surface area contributed by atoms with Crippen molar-refractivity contribution in [3.05, 3.63) is 53.6 Å². The average molecular weight is 416 g/mol. The molecule has 8 heteroatoms. The molecular formula is C21H24N2O5S. The second-order valence-corrected chi connectivity index (χ2v) is 8.64. The number of hydrogen-bond acceptors (Lipinski definition) is 5. The number of carbonyl (C=O) groups is 2. The normalized spacial score (nSPS) is 15.6. The summed E-state index contributed by atoms with van der Waals surface area (Å²) in [5.74, 6) is 0.197. The van der Waals surface area contributed by atoms with E-state index in [0.29, 0.717) is 12.1 Å². The van der Waals surface area contributed by atoms with Crippen molar-refractivity contribution < 1.29 is 22.7 Å². The lowest BCUT2D eigenvalue weighted by Crippen LogP contribution is -2.29. The Balaban J connectivity index is 1.81. The Labute approximate surface area is 170 Å². The van der Waals surface area contributed by atoms with Gasteiger partial charge in [0.2, 0.25) is 21.8 Å². The van der Waals surface area contributed by atoms with Crippen LogP contribution in [0.4, 0.5) is 5.69 Å². The van der Waals surface area contributed by atoms with Crippen molar-refractivity contribution in [1.29, 1.82) is 0 Å². The molecule has 0 spiro atoms. The van der Waals surface area contributed by atoms with Crippen molar-refractivity contribution in [3.63, 3.8) is 0 Å². The molecule has 0 aliphatic carbocycles. The molecule has 2 aromatic carbocycles. The quantitative estimate of drug-likeness (QED) is 0.700. The fourth-order valence-electron chi connectivity index (χ4n) is 3.40. The zero-order valence-corrected chi connectivity index (χ0v) is 17.5. The summed E-state index contributed by atoms with van der Waals surface area (Å²) in [7, 11) is -2.19. The van der Waals surface area contributed by atoms with Crippen LogP contribution in [0.25, 0.3) is 0 Å². The van der Waals surface area contributed by atoms with Crippen molar-refractivity contribution in [3.8, 4) is 5.75 Å². The van der Waals surface area contributed by atoms with Gasteiger partial charge in [0.25, 0.3) is 0 Å². The van der Waals surface area contributed by atoms with Gasteiger partial charge in [-0.3, -0.25) is 14.5 Å². The van der Waals surface area contributed by atoms with E-state index >= 15 is 0 Å². The number of hydrogen-bond donors (Lipinski definition) is 1. The third kappa shape index (κ3) is 4.33. The average Bonchev–Trinajstić information content (AvgIpc) is 3.04. The highest BCUT2D eigenvalue weighted by molar-refractivity contribution is 7.89. The molecule has 1 N–H and O–H groups in total. The minimum atomic E-state index is -3.79. The minimum Gasteiger partial charge on any atom is -0.496 e. The molecule has 1 aliphatic heterocycles. The maximum atomic E-state index is 12.9. The van der Waals surface area contributed by atoms with Gasteiger partial charge in [0.1, 0.15) is 5.75 Å². The first-order valence-corrected chi connectivity index (χ1v) is 10.9. The van der Waals surface area contributed by atoms with Crippen LogP contribution in [0.2, 0.25) is 0 Å². The number of sulfonamides is 1. The molecule has 1 aliphatic rings. The van der Waals surface area contributed by atoms with Crippen molar-refractivity contribution >= 4 is 27.5 Å². The van der Waals surface area contributed by atoms with E-state index in [1.54, 1.807) is 7.11 Å². The summed E-state index contributed by atoms with van der Waals surface area (Å²) in [5, 5.41) is 0. The number of methoxy groups -OCH3 is 1. The van der Waals surface area contributed by atoms with Crippen molar-refractivity contribution in [2.24, 2.45) is 0 Å². The van der Waals surface area contributed by atoms with Gasteiger partial charge >= 0.3 is 0 Å². The number of imide groups is 1. The molecule has 29 heavy (non-hydrogen) atoms. The number of aryl methyl sites for hydroxylation is 1. The van der Waals surface area contributed by atoms with Crippen LogP contribution in [0, 0.1) is 6.92 Å². The summed E-state index contributed by atoms with van der Waals surface area (Å²) in [6, 6.07) is 10.9. The van der Waals surface area contributed by atoms with E-state index in [1.165, 1.54) is 24.3 Å². The summed E-state index contributed by atoms with van der Waals surface area (Å²) < 4.78 is 33.7. The van der Waals surface area contributed by atoms with Crippen LogP contribution in [-0.2, 0) is 19.6 Å². The highest BCUT2D eigenvalue weighted by Gasteiger charge is 2.30. The Bertz CT molecular complexity index is 1020. The molecule has 154 valence electrons. The van der Waals surface area contributed by atoms with Crippen LogP contribution >= 0.6 is 0 Å². The Morgan fingerprint density at radius 2 is 1.69 bits per heavy atom. The standard InChI is InChI=1S/C21H24N2O5S/c1-4-18(15-5-10-19(28-3)14(2)13-15)22-29(26,27)17-8-6-16(7-9-17)23-20(24)11-12-21(23)25/h5-10,13,18,22H,4,11-12H2,1-3H3/t18-/m1/s1. The number of carbonyl (C=O) groups excluding carboxylic acids is 2. The zero-order valence-electron chi connectivity index (χ0n) is 16.6. The van der Waals surface area contributed by atoms with E-state index in [4.69, 9.17) is 4.74 Å². The van der Waals surface area contributed by atoms with E-state index in [1.807, 2.05) is 32.0 Å². The maximum absolute atomic E-state index is 12.9. The SMILES string of the molecule is CC[C@@H](NS(=O)(=O)c1ccc(N2C(=O)CCC2=O)cc1)c1ccc(OC)c(C)c1. The van der Waals surface area contributed by atoms with E-state index in [-0.39, 0.29) is 29.6 Å². The first-order valence-electron chi connectivity index (χ1n) is 9.39. The fraction of sp³-hybridized carbons (Fsp3) is 0.333. The van der Waals surface area contributed by atoms with Crippen molar-refractivity contribution in [2.45, 2.75) is 44.0 Å². The van der Waals surface area contributed by atoms with Crippen LogP contribution in [0.5, 0.6) is 5.75 Å². The van der Waals surface area contributed by atoms with E-state index in [9.17, 15) is 18.0 Å². The van der Waals surface area contributed by atoms with Gasteiger partial charge in [-0.05, 0) is 54.8 Å². The number of benzene rings is 2. The molecule has 2 amide bonds. The molecule has 3 rings (SSSR count). The van der Waals surface area contributed by atoms with Gasteiger partial charge in [-0.1, -0.05) is 19.1 Å². The summed E-state index contributed by atoms with van der Waals surface area (Å²) >= 11 is 0. The van der Waals surface area contributed by atoms with Crippen molar-refractivity contribution in [2.75, 3.05) is 12.0 Å². The van der Waals surface area contributed by atoms with Gasteiger partial charge in [0, 0.05) is 18.9 Å². The first-order chi connectivity index (χ1) is 13.8. The molecular weight excluding hydrogens is 392 g/mol. The molecule has 1 fully saturated rings. The van der Waals surface area contributed by atoms with Crippen molar-refractivity contribution in [1.82, 2.24) is 4.72 Å². The number of rotatable bonds is 7. The molecule has 0 radical (unpaired) electrons. The molecule has 0 aromatic heterocycles. The Kier molecular flexibility index (Phi) is 6.04. The minimum absolute atomic E-state index is 0.0732. The largest absolute Gasteiger partial charge is 0.496 e. The third-order valence-electron chi connectivity index (χ3n) is 4.98. The Hall–Kier alpha value is -2.71. The second-order valence-electron chi connectivity index (χ2n) is 6.93. The second kappa shape index (κ2) is 8.34. The predicted molar refractivity (Wildman–Crippen MR) is 109 cm³/mol. The summed E-state index contributed by atoms with van der Waals surface area (Å²) in [5.41, 5.74) is 2.15. The van der Waals surface area contributed by atoms with Gasteiger partial charge in [0.15, 0.2) is 0 Å². The molecule has 0 bridgehead atoms. The summed E-state index contributed by atoms with van der Waals surface area (Å²) in [6.07, 6.45) is 0.930. The lowest BCUT2D eigenvalue weighted by molar-refractivity contribution is -0.121. The van der Waals surface area contributed by atoms with E-state index in [2.05, 4.69) is 4.72 Å². The fourth-order valence-corrected chi connectivity index (χ4v) is 4.71. The summed E-state index contributed by atoms with van der Waals surface area (Å²) in [6.45, 7) is 3.81. The maximum Gasteiger partial charge on any atom is 0.241 e. The van der Waals surface area contributed by atoms with Gasteiger partial charge in [0.05, 0.1) is 17.7 Å². The lowest BCUT2D eigenvalue weighted by Gasteiger charge is -2.19. The van der Waals surface area contributed by atoms with Gasteiger partial charge in [-0.25, -0.2) is 13.1 Å². The Morgan fingerprint density at radius 3 is 2.21 bits per heavy atom. The van der Waals surface area contributed by atoms with Crippen LogP contribution in [-0.4, -0.2) is 27.3 Å². The number of nitrogens with one attached hydrogen (secondary N) is 1. The molecule has 1 heterocycles. The van der Waals surface area contributed by atoms with Gasteiger partial charge in [-0.15, -0.1) is 0 Å². The molecule has 1 saturated heterocycles. The third-order valence-corrected chi connectivity index (χ3v) is 6.47. The molecule has 2 aromatic rings. The highest BCUT2D eigenvalue weighted by Crippen LogP contribution is 2.27. The molecule has 0 saturated carbocycles. The van der Waals surface area contributed by atoms with Crippen LogP contribution in [0.15, 0.2) is 47.4 Å². The highest BCUT2D eigenvalue weighted by atomic mass is 32.2. The smallest absolute Gasteiger partial charge is 0.241 e. The number of anilines is 1. The van der Waals surface area contributed by atoms with E-state index < -0.39 is 16.1 Å². The topological polar surface area (TPSA) is 92.8 Å². The zero-order chi connectivity index (χ0) is 21.2. The van der Waals surface area contributed by atoms with Gasteiger partial charge < -0.3 is 4.74 Å². The van der Waals surface area contributed by atoms with Crippen LogP contribution in [0.3, 0.4) is 0 Å². The van der Waals surface area contributed by atoms with Gasteiger partial charge in [-0.2, -0.15) is 0 Å². The first kappa shape index (κ1) is 21.0.